The largest absolute Gasteiger partial charge is 0.452 e. The molecule has 0 bridgehead atoms. The summed E-state index contributed by atoms with van der Waals surface area (Å²) in [5.74, 6) is -4.33. The zero-order chi connectivity index (χ0) is 20.4. The number of carbonyl (C=O) groups is 3. The molecule has 0 aliphatic carbocycles. The molecule has 2 amide bonds. The number of hydrogen-bond acceptors (Lipinski definition) is 4. The molecule has 6 nitrogen and oxygen atoms in total. The molecule has 0 fully saturated rings. The van der Waals surface area contributed by atoms with Crippen LogP contribution in [-0.4, -0.2) is 23.9 Å². The van der Waals surface area contributed by atoms with Gasteiger partial charge in [0.05, 0.1) is 11.6 Å². The van der Waals surface area contributed by atoms with E-state index in [9.17, 15) is 23.2 Å². The molecule has 2 aromatic carbocycles. The van der Waals surface area contributed by atoms with Crippen molar-refractivity contribution in [1.82, 2.24) is 0 Å². The highest BCUT2D eigenvalue weighted by atomic mass is 35.5. The number of esters is 1. The maximum absolute atomic E-state index is 13.8. The van der Waals surface area contributed by atoms with E-state index in [2.05, 4.69) is 10.6 Å². The first kappa shape index (κ1) is 19.8. The van der Waals surface area contributed by atoms with Gasteiger partial charge in [-0.1, -0.05) is 17.7 Å². The van der Waals surface area contributed by atoms with Crippen LogP contribution in [0.3, 0.4) is 0 Å². The van der Waals surface area contributed by atoms with E-state index in [0.717, 1.165) is 18.2 Å². The van der Waals surface area contributed by atoms with E-state index in [-0.39, 0.29) is 22.8 Å². The zero-order valence-corrected chi connectivity index (χ0v) is 15.3. The van der Waals surface area contributed by atoms with Crippen LogP contribution in [0.15, 0.2) is 36.4 Å². The fraction of sp³-hybridized carbons (Fsp3) is 0.211. The van der Waals surface area contributed by atoms with Crippen molar-refractivity contribution in [2.75, 3.05) is 10.6 Å². The Kier molecular flexibility index (Phi) is 5.60. The standard InChI is InChI=1S/C19H15ClF2N2O4/c1-9(18(26)24-15-5-2-10(20)6-14(15)22)28-19(27)13-8-17(25)23-16-7-11(21)3-4-12(13)16/h2-7,9,13H,8H2,1H3,(H,23,25)(H,24,26). The number of nitrogens with one attached hydrogen (secondary N) is 2. The molecule has 0 spiro atoms. The number of fused-ring (bicyclic) bond motifs is 1. The third-order valence-corrected chi connectivity index (χ3v) is 4.43. The van der Waals surface area contributed by atoms with Crippen LogP contribution in [0.25, 0.3) is 0 Å². The van der Waals surface area contributed by atoms with Gasteiger partial charge in [0, 0.05) is 17.1 Å². The normalized spacial score (nSPS) is 16.6. The molecule has 1 aliphatic heterocycles. The van der Waals surface area contributed by atoms with Crippen molar-refractivity contribution in [3.05, 3.63) is 58.6 Å². The molecule has 146 valence electrons. The van der Waals surface area contributed by atoms with E-state index in [1.54, 1.807) is 0 Å². The first-order valence-corrected chi connectivity index (χ1v) is 8.68. The summed E-state index contributed by atoms with van der Waals surface area (Å²) in [4.78, 5) is 36.5. The van der Waals surface area contributed by atoms with Gasteiger partial charge in [-0.3, -0.25) is 14.4 Å². The number of benzene rings is 2. The summed E-state index contributed by atoms with van der Waals surface area (Å²) in [7, 11) is 0. The molecule has 3 rings (SSSR count). The quantitative estimate of drug-likeness (QED) is 0.757. The third kappa shape index (κ3) is 4.28. The van der Waals surface area contributed by atoms with Crippen molar-refractivity contribution >= 4 is 40.8 Å². The summed E-state index contributed by atoms with van der Waals surface area (Å²) in [6, 6.07) is 7.35. The molecule has 0 radical (unpaired) electrons. The summed E-state index contributed by atoms with van der Waals surface area (Å²) in [5.41, 5.74) is 0.455. The van der Waals surface area contributed by atoms with Gasteiger partial charge in [0.15, 0.2) is 6.10 Å². The van der Waals surface area contributed by atoms with Gasteiger partial charge < -0.3 is 15.4 Å². The van der Waals surface area contributed by atoms with Crippen molar-refractivity contribution in [3.63, 3.8) is 0 Å². The summed E-state index contributed by atoms with van der Waals surface area (Å²) >= 11 is 5.66. The second kappa shape index (κ2) is 7.93. The minimum Gasteiger partial charge on any atom is -0.452 e. The van der Waals surface area contributed by atoms with Crippen LogP contribution in [-0.2, 0) is 19.1 Å². The average Bonchev–Trinajstić information content (AvgIpc) is 2.62. The monoisotopic (exact) mass is 408 g/mol. The van der Waals surface area contributed by atoms with Gasteiger partial charge in [-0.25, -0.2) is 8.78 Å². The molecule has 0 saturated carbocycles. The molecule has 1 heterocycles. The molecule has 0 aromatic heterocycles. The van der Waals surface area contributed by atoms with E-state index in [0.29, 0.717) is 5.56 Å². The Balaban J connectivity index is 1.70. The summed E-state index contributed by atoms with van der Waals surface area (Å²) in [6.07, 6.45) is -1.45. The van der Waals surface area contributed by atoms with Crippen molar-refractivity contribution < 1.29 is 27.9 Å². The van der Waals surface area contributed by atoms with Gasteiger partial charge >= 0.3 is 5.97 Å². The molecule has 28 heavy (non-hydrogen) atoms. The third-order valence-electron chi connectivity index (χ3n) is 4.19. The lowest BCUT2D eigenvalue weighted by Crippen LogP contribution is -2.34. The lowest BCUT2D eigenvalue weighted by atomic mass is 9.90. The van der Waals surface area contributed by atoms with Gasteiger partial charge in [0.1, 0.15) is 11.6 Å². The first-order chi connectivity index (χ1) is 13.2. The topological polar surface area (TPSA) is 84.5 Å². The van der Waals surface area contributed by atoms with E-state index in [4.69, 9.17) is 16.3 Å². The van der Waals surface area contributed by atoms with Crippen molar-refractivity contribution in [3.8, 4) is 0 Å². The number of anilines is 2. The molecule has 9 heteroatoms. The van der Waals surface area contributed by atoms with Crippen LogP contribution in [0.4, 0.5) is 20.2 Å². The number of hydrogen-bond donors (Lipinski definition) is 2. The van der Waals surface area contributed by atoms with Gasteiger partial charge in [0.25, 0.3) is 5.91 Å². The highest BCUT2D eigenvalue weighted by Crippen LogP contribution is 2.33. The Morgan fingerprint density at radius 1 is 1.25 bits per heavy atom. The smallest absolute Gasteiger partial charge is 0.314 e. The van der Waals surface area contributed by atoms with Crippen LogP contribution in [0.5, 0.6) is 0 Å². The number of ether oxygens (including phenoxy) is 1. The highest BCUT2D eigenvalue weighted by molar-refractivity contribution is 6.30. The number of amides is 2. The molecule has 2 N–H and O–H groups in total. The van der Waals surface area contributed by atoms with Crippen molar-refractivity contribution in [2.45, 2.75) is 25.4 Å². The molecule has 1 aliphatic rings. The maximum Gasteiger partial charge on any atom is 0.314 e. The number of carbonyl (C=O) groups excluding carboxylic acids is 3. The van der Waals surface area contributed by atoms with E-state index >= 15 is 0 Å². The lowest BCUT2D eigenvalue weighted by molar-refractivity contribution is -0.155. The lowest BCUT2D eigenvalue weighted by Gasteiger charge is -2.25. The first-order valence-electron chi connectivity index (χ1n) is 8.30. The van der Waals surface area contributed by atoms with Gasteiger partial charge in [-0.15, -0.1) is 0 Å². The second-order valence-corrected chi connectivity index (χ2v) is 6.67. The number of halogens is 3. The van der Waals surface area contributed by atoms with Crippen molar-refractivity contribution in [1.29, 1.82) is 0 Å². The van der Waals surface area contributed by atoms with E-state index in [1.165, 1.54) is 25.1 Å². The number of rotatable bonds is 4. The Bertz CT molecular complexity index is 967. The predicted molar refractivity (Wildman–Crippen MR) is 98.0 cm³/mol. The van der Waals surface area contributed by atoms with Gasteiger partial charge in [-0.05, 0) is 42.8 Å². The molecular weight excluding hydrogens is 394 g/mol. The summed E-state index contributed by atoms with van der Waals surface area (Å²) in [5, 5.41) is 4.96. The van der Waals surface area contributed by atoms with E-state index in [1.807, 2.05) is 0 Å². The molecular formula is C19H15ClF2N2O4. The average molecular weight is 409 g/mol. The molecule has 2 unspecified atom stereocenters. The van der Waals surface area contributed by atoms with Crippen LogP contribution < -0.4 is 10.6 Å². The Labute approximate surface area is 163 Å². The van der Waals surface area contributed by atoms with Crippen molar-refractivity contribution in [2.24, 2.45) is 0 Å². The molecule has 0 saturated heterocycles. The Morgan fingerprint density at radius 2 is 2.00 bits per heavy atom. The SMILES string of the molecule is CC(OC(=O)C1CC(=O)Nc2cc(F)ccc21)C(=O)Nc1ccc(Cl)cc1F. The minimum atomic E-state index is -1.25. The highest BCUT2D eigenvalue weighted by Gasteiger charge is 2.34. The minimum absolute atomic E-state index is 0.116. The zero-order valence-electron chi connectivity index (χ0n) is 14.6. The van der Waals surface area contributed by atoms with Crippen LogP contribution in [0, 0.1) is 11.6 Å². The Morgan fingerprint density at radius 3 is 2.71 bits per heavy atom. The summed E-state index contributed by atoms with van der Waals surface area (Å²) in [6.45, 7) is 1.32. The van der Waals surface area contributed by atoms with Crippen LogP contribution in [0.2, 0.25) is 5.02 Å². The fourth-order valence-corrected chi connectivity index (χ4v) is 2.94. The van der Waals surface area contributed by atoms with Crippen LogP contribution >= 0.6 is 11.6 Å². The maximum atomic E-state index is 13.8. The van der Waals surface area contributed by atoms with Gasteiger partial charge in [0.2, 0.25) is 5.91 Å². The fourth-order valence-electron chi connectivity index (χ4n) is 2.78. The van der Waals surface area contributed by atoms with Gasteiger partial charge in [-0.2, -0.15) is 0 Å². The molecule has 2 aromatic rings. The summed E-state index contributed by atoms with van der Waals surface area (Å²) < 4.78 is 32.3. The van der Waals surface area contributed by atoms with E-state index < -0.39 is 41.4 Å². The molecule has 2 atom stereocenters. The second-order valence-electron chi connectivity index (χ2n) is 6.23. The predicted octanol–water partition coefficient (Wildman–Crippen LogP) is 3.61. The Hall–Kier alpha value is -3.00. The van der Waals surface area contributed by atoms with Crippen LogP contribution in [0.1, 0.15) is 24.8 Å².